The summed E-state index contributed by atoms with van der Waals surface area (Å²) in [5.41, 5.74) is 3.19. The quantitative estimate of drug-likeness (QED) is 0.556. The number of thioether (sulfide) groups is 1. The molecule has 1 unspecified atom stereocenters. The van der Waals surface area contributed by atoms with Crippen LogP contribution in [0.15, 0.2) is 39.9 Å². The summed E-state index contributed by atoms with van der Waals surface area (Å²) >= 11 is 2.04. The second-order valence-corrected chi connectivity index (χ2v) is 8.97. The molecule has 1 saturated heterocycles. The number of rotatable bonds is 7. The Hall–Kier alpha value is -1.95. The summed E-state index contributed by atoms with van der Waals surface area (Å²) in [7, 11) is 0. The smallest absolute Gasteiger partial charge is 0.226 e. The van der Waals surface area contributed by atoms with Gasteiger partial charge >= 0.3 is 0 Å². The van der Waals surface area contributed by atoms with Gasteiger partial charge in [-0.05, 0) is 51.5 Å². The molecule has 146 valence electrons. The van der Waals surface area contributed by atoms with Gasteiger partial charge in [0.05, 0.1) is 12.2 Å². The Bertz CT molecular complexity index is 748. The molecule has 2 aromatic rings. The fourth-order valence-corrected chi connectivity index (χ4v) is 4.34. The van der Waals surface area contributed by atoms with Gasteiger partial charge in [0.25, 0.3) is 0 Å². The SMILES string of the molecule is CCNC(=NCC1(C)CCCS1)NCCc1coc(-c2ccc(C)cc2)n1. The van der Waals surface area contributed by atoms with Crippen molar-refractivity contribution in [2.75, 3.05) is 25.4 Å². The van der Waals surface area contributed by atoms with E-state index >= 15 is 0 Å². The molecule has 1 aliphatic rings. The highest BCUT2D eigenvalue weighted by atomic mass is 32.2. The molecule has 1 atom stereocenters. The van der Waals surface area contributed by atoms with E-state index in [2.05, 4.69) is 48.5 Å². The van der Waals surface area contributed by atoms with Crippen LogP contribution < -0.4 is 10.6 Å². The molecule has 0 bridgehead atoms. The maximum absolute atomic E-state index is 5.64. The Kier molecular flexibility index (Phi) is 6.83. The Labute approximate surface area is 166 Å². The van der Waals surface area contributed by atoms with Crippen molar-refractivity contribution >= 4 is 17.7 Å². The molecule has 1 aromatic carbocycles. The molecular weight excluding hydrogens is 356 g/mol. The van der Waals surface area contributed by atoms with Crippen molar-refractivity contribution < 1.29 is 4.42 Å². The first-order chi connectivity index (χ1) is 13.1. The zero-order chi connectivity index (χ0) is 19.1. The normalized spacial score (nSPS) is 20.0. The van der Waals surface area contributed by atoms with Crippen LogP contribution in [0.25, 0.3) is 11.5 Å². The number of aryl methyl sites for hydroxylation is 1. The third-order valence-corrected chi connectivity index (χ3v) is 6.26. The maximum atomic E-state index is 5.64. The summed E-state index contributed by atoms with van der Waals surface area (Å²) in [5, 5.41) is 6.75. The minimum absolute atomic E-state index is 0.289. The lowest BCUT2D eigenvalue weighted by molar-refractivity contribution is 0.572. The highest BCUT2D eigenvalue weighted by molar-refractivity contribution is 8.00. The zero-order valence-corrected chi connectivity index (χ0v) is 17.4. The number of hydrogen-bond acceptors (Lipinski definition) is 4. The Morgan fingerprint density at radius 1 is 1.30 bits per heavy atom. The van der Waals surface area contributed by atoms with Gasteiger partial charge in [-0.1, -0.05) is 17.7 Å². The molecule has 0 saturated carbocycles. The van der Waals surface area contributed by atoms with E-state index in [0.717, 1.165) is 43.3 Å². The predicted octanol–water partition coefficient (Wildman–Crippen LogP) is 4.03. The minimum Gasteiger partial charge on any atom is -0.444 e. The summed E-state index contributed by atoms with van der Waals surface area (Å²) in [6.07, 6.45) is 5.10. The number of nitrogens with zero attached hydrogens (tertiary/aromatic N) is 2. The third-order valence-electron chi connectivity index (χ3n) is 4.74. The first-order valence-electron chi connectivity index (χ1n) is 9.75. The summed E-state index contributed by atoms with van der Waals surface area (Å²) in [4.78, 5) is 9.39. The van der Waals surface area contributed by atoms with E-state index in [1.54, 1.807) is 6.26 Å². The van der Waals surface area contributed by atoms with Crippen molar-refractivity contribution in [3.8, 4) is 11.5 Å². The Balaban J connectivity index is 1.52. The average molecular weight is 387 g/mol. The molecule has 3 rings (SSSR count). The first kappa shape index (κ1) is 19.8. The van der Waals surface area contributed by atoms with Gasteiger partial charge in [-0.15, -0.1) is 0 Å². The summed E-state index contributed by atoms with van der Waals surface area (Å²) in [5.74, 6) is 2.82. The highest BCUT2D eigenvalue weighted by Gasteiger charge is 2.29. The maximum Gasteiger partial charge on any atom is 0.226 e. The Morgan fingerprint density at radius 2 is 2.11 bits per heavy atom. The van der Waals surface area contributed by atoms with Crippen LogP contribution >= 0.6 is 11.8 Å². The van der Waals surface area contributed by atoms with E-state index in [9.17, 15) is 0 Å². The first-order valence-corrected chi connectivity index (χ1v) is 10.7. The number of benzene rings is 1. The van der Waals surface area contributed by atoms with Crippen molar-refractivity contribution in [1.82, 2.24) is 15.6 Å². The molecule has 27 heavy (non-hydrogen) atoms. The van der Waals surface area contributed by atoms with E-state index in [0.29, 0.717) is 5.89 Å². The standard InChI is InChI=1S/C21H30N4OS/c1-4-22-20(24-15-21(3)11-5-13-27-21)23-12-10-18-14-26-19(25-18)17-8-6-16(2)7-9-17/h6-9,14H,4-5,10-13,15H2,1-3H3,(H2,22,23,24). The lowest BCUT2D eigenvalue weighted by Gasteiger charge is -2.21. The topological polar surface area (TPSA) is 62.5 Å². The van der Waals surface area contributed by atoms with Gasteiger partial charge in [-0.3, -0.25) is 4.99 Å². The van der Waals surface area contributed by atoms with Gasteiger partial charge in [-0.2, -0.15) is 11.8 Å². The lowest BCUT2D eigenvalue weighted by Crippen LogP contribution is -2.39. The van der Waals surface area contributed by atoms with Gasteiger partial charge in [0.1, 0.15) is 6.26 Å². The van der Waals surface area contributed by atoms with Crippen LogP contribution in [0.2, 0.25) is 0 Å². The second kappa shape index (κ2) is 9.31. The summed E-state index contributed by atoms with van der Waals surface area (Å²) in [6.45, 7) is 8.97. The molecule has 2 N–H and O–H groups in total. The van der Waals surface area contributed by atoms with E-state index in [1.807, 2.05) is 23.9 Å². The van der Waals surface area contributed by atoms with Crippen LogP contribution in [-0.4, -0.2) is 41.1 Å². The van der Waals surface area contributed by atoms with Crippen LogP contribution in [0.4, 0.5) is 0 Å². The average Bonchev–Trinajstić information content (AvgIpc) is 3.30. The second-order valence-electron chi connectivity index (χ2n) is 7.28. The number of oxazole rings is 1. The van der Waals surface area contributed by atoms with Crippen LogP contribution in [0.5, 0.6) is 0 Å². The van der Waals surface area contributed by atoms with Gasteiger partial charge in [0, 0.05) is 29.8 Å². The predicted molar refractivity (Wildman–Crippen MR) is 114 cm³/mol. The fraction of sp³-hybridized carbons (Fsp3) is 0.524. The monoisotopic (exact) mass is 386 g/mol. The van der Waals surface area contributed by atoms with E-state index < -0.39 is 0 Å². The van der Waals surface area contributed by atoms with E-state index in [4.69, 9.17) is 9.41 Å². The van der Waals surface area contributed by atoms with Gasteiger partial charge in [0.15, 0.2) is 5.96 Å². The number of hydrogen-bond donors (Lipinski definition) is 2. The van der Waals surface area contributed by atoms with Crippen molar-refractivity contribution in [1.29, 1.82) is 0 Å². The highest BCUT2D eigenvalue weighted by Crippen LogP contribution is 2.37. The van der Waals surface area contributed by atoms with Gasteiger partial charge < -0.3 is 15.1 Å². The van der Waals surface area contributed by atoms with Gasteiger partial charge in [-0.25, -0.2) is 4.98 Å². The molecule has 0 spiro atoms. The van der Waals surface area contributed by atoms with Crippen LogP contribution in [0.3, 0.4) is 0 Å². The van der Waals surface area contributed by atoms with E-state index in [1.165, 1.54) is 24.2 Å². The molecular formula is C21H30N4OS. The summed E-state index contributed by atoms with van der Waals surface area (Å²) in [6, 6.07) is 8.23. The largest absolute Gasteiger partial charge is 0.444 e. The number of aliphatic imine (C=N–C) groups is 1. The van der Waals surface area contributed by atoms with Crippen LogP contribution in [0.1, 0.15) is 37.9 Å². The van der Waals surface area contributed by atoms with Crippen molar-refractivity contribution in [2.45, 2.75) is 44.8 Å². The molecule has 5 nitrogen and oxygen atoms in total. The molecule has 1 fully saturated rings. The number of guanidine groups is 1. The number of nitrogens with one attached hydrogen (secondary N) is 2. The molecule has 0 aliphatic carbocycles. The van der Waals surface area contributed by atoms with Crippen molar-refractivity contribution in [2.24, 2.45) is 4.99 Å². The third kappa shape index (κ3) is 5.76. The zero-order valence-electron chi connectivity index (χ0n) is 16.5. The summed E-state index contributed by atoms with van der Waals surface area (Å²) < 4.78 is 5.93. The van der Waals surface area contributed by atoms with Crippen molar-refractivity contribution in [3.05, 3.63) is 41.8 Å². The Morgan fingerprint density at radius 3 is 2.81 bits per heavy atom. The van der Waals surface area contributed by atoms with Crippen LogP contribution in [0, 0.1) is 6.92 Å². The minimum atomic E-state index is 0.289. The van der Waals surface area contributed by atoms with E-state index in [-0.39, 0.29) is 4.75 Å². The molecule has 2 heterocycles. The lowest BCUT2D eigenvalue weighted by atomic mass is 10.1. The molecule has 0 radical (unpaired) electrons. The fourth-order valence-electron chi connectivity index (χ4n) is 3.11. The molecule has 0 amide bonds. The van der Waals surface area contributed by atoms with Gasteiger partial charge in [0.2, 0.25) is 5.89 Å². The molecule has 6 heteroatoms. The van der Waals surface area contributed by atoms with Crippen molar-refractivity contribution in [3.63, 3.8) is 0 Å². The number of aromatic nitrogens is 1. The van der Waals surface area contributed by atoms with Crippen LogP contribution in [-0.2, 0) is 6.42 Å². The molecule has 1 aromatic heterocycles. The molecule has 1 aliphatic heterocycles.